The Kier molecular flexibility index (Phi) is 6.73. The second kappa shape index (κ2) is 11.3. The Balaban J connectivity index is 1.40. The minimum atomic E-state index is 0.710. The average Bonchev–Trinajstić information content (AvgIpc) is 3.52. The Bertz CT molecular complexity index is 2220. The smallest absolute Gasteiger partial charge is 0.160 e. The van der Waals surface area contributed by atoms with E-state index in [4.69, 9.17) is 15.1 Å². The van der Waals surface area contributed by atoms with Crippen LogP contribution in [0.1, 0.15) is 12.5 Å². The van der Waals surface area contributed by atoms with Crippen molar-refractivity contribution in [3.8, 4) is 56.4 Å². The zero-order valence-corrected chi connectivity index (χ0v) is 24.9. The van der Waals surface area contributed by atoms with E-state index in [1.807, 2.05) is 36.4 Å². The zero-order valence-electron chi connectivity index (χ0n) is 24.9. The lowest BCUT2D eigenvalue weighted by molar-refractivity contribution is 0.979. The summed E-state index contributed by atoms with van der Waals surface area (Å²) in [5.41, 5.74) is 11.6. The van der Waals surface area contributed by atoms with Gasteiger partial charge in [-0.05, 0) is 30.0 Å². The predicted molar refractivity (Wildman–Crippen MR) is 185 cm³/mol. The maximum atomic E-state index is 5.28. The molecule has 0 spiro atoms. The van der Waals surface area contributed by atoms with Gasteiger partial charge in [-0.3, -0.25) is 0 Å². The second-order valence-corrected chi connectivity index (χ2v) is 11.2. The summed E-state index contributed by atoms with van der Waals surface area (Å²) in [6, 6.07) is 52.6. The number of nitrogens with zero attached hydrogens (tertiary/aromatic N) is 4. The molecule has 0 N–H and O–H groups in total. The van der Waals surface area contributed by atoms with Crippen LogP contribution >= 0.6 is 0 Å². The van der Waals surface area contributed by atoms with Crippen LogP contribution in [0.2, 0.25) is 0 Å². The molecule has 0 saturated carbocycles. The molecule has 0 saturated heterocycles. The molecule has 0 aliphatic carbocycles. The van der Waals surface area contributed by atoms with E-state index in [9.17, 15) is 0 Å². The molecule has 5 aromatic carbocycles. The molecule has 214 valence electrons. The van der Waals surface area contributed by atoms with E-state index in [0.29, 0.717) is 5.82 Å². The topological polar surface area (TPSA) is 43.1 Å². The Hall–Kier alpha value is -5.87. The number of hydrogen-bond acceptors (Lipinski definition) is 3. The molecule has 8 aromatic rings. The van der Waals surface area contributed by atoms with Crippen LogP contribution in [0.4, 0.5) is 0 Å². The van der Waals surface area contributed by atoms with Crippen LogP contribution in [-0.2, 0) is 6.42 Å². The summed E-state index contributed by atoms with van der Waals surface area (Å²) < 4.78 is 2.15. The van der Waals surface area contributed by atoms with Gasteiger partial charge in [0.05, 0.1) is 28.3 Å². The van der Waals surface area contributed by atoms with Crippen LogP contribution < -0.4 is 0 Å². The van der Waals surface area contributed by atoms with E-state index in [1.165, 1.54) is 10.9 Å². The number of fused-ring (bicyclic) bond motifs is 3. The highest BCUT2D eigenvalue weighted by Crippen LogP contribution is 2.37. The fraction of sp³-hybridized carbons (Fsp3) is 0.0488. The van der Waals surface area contributed by atoms with Crippen LogP contribution in [0.5, 0.6) is 0 Å². The van der Waals surface area contributed by atoms with Gasteiger partial charge in [-0.25, -0.2) is 14.5 Å². The molecule has 0 bridgehead atoms. The molecule has 0 aliphatic heterocycles. The number of rotatable bonds is 6. The molecule has 0 aliphatic rings. The average molecular weight is 579 g/mol. The maximum absolute atomic E-state index is 5.28. The highest BCUT2D eigenvalue weighted by molar-refractivity contribution is 6.03. The molecule has 0 unspecified atom stereocenters. The third kappa shape index (κ3) is 4.87. The fourth-order valence-electron chi connectivity index (χ4n) is 6.20. The fourth-order valence-corrected chi connectivity index (χ4v) is 6.20. The van der Waals surface area contributed by atoms with E-state index >= 15 is 0 Å². The molecule has 3 heterocycles. The summed E-state index contributed by atoms with van der Waals surface area (Å²) in [6.45, 7) is 2.22. The Morgan fingerprint density at radius 2 is 1.07 bits per heavy atom. The molecule has 8 rings (SSSR count). The summed E-state index contributed by atoms with van der Waals surface area (Å²) in [5.74, 6) is 0.710. The molecule has 4 nitrogen and oxygen atoms in total. The summed E-state index contributed by atoms with van der Waals surface area (Å²) in [7, 11) is 0. The molecule has 0 atom stereocenters. The third-order valence-corrected chi connectivity index (χ3v) is 8.41. The zero-order chi connectivity index (χ0) is 30.2. The molecule has 4 heteroatoms. The van der Waals surface area contributed by atoms with E-state index in [2.05, 4.69) is 127 Å². The van der Waals surface area contributed by atoms with Crippen LogP contribution in [0.25, 0.3) is 72.7 Å². The Morgan fingerprint density at radius 1 is 0.511 bits per heavy atom. The SMILES string of the molecule is CCc1c(-c2ccccc2)nn2c(-c3ccccc3)cc3ccc(-c4cc(-c5ccccc5)nc(-c5ccccc5)n4)cc3c12. The van der Waals surface area contributed by atoms with Gasteiger partial charge in [0.1, 0.15) is 0 Å². The van der Waals surface area contributed by atoms with Gasteiger partial charge >= 0.3 is 0 Å². The van der Waals surface area contributed by atoms with Crippen molar-refractivity contribution < 1.29 is 0 Å². The summed E-state index contributed by atoms with van der Waals surface area (Å²) in [6.07, 6.45) is 0.856. The summed E-state index contributed by atoms with van der Waals surface area (Å²) in [5, 5.41) is 7.60. The molecule has 45 heavy (non-hydrogen) atoms. The Morgan fingerprint density at radius 3 is 1.69 bits per heavy atom. The number of aryl methyl sites for hydroxylation is 1. The molecule has 0 radical (unpaired) electrons. The highest BCUT2D eigenvalue weighted by atomic mass is 15.2. The lowest BCUT2D eigenvalue weighted by Crippen LogP contribution is -1.98. The van der Waals surface area contributed by atoms with Crippen LogP contribution in [0.3, 0.4) is 0 Å². The molecule has 0 amide bonds. The van der Waals surface area contributed by atoms with Crippen molar-refractivity contribution in [2.75, 3.05) is 0 Å². The molecule has 3 aromatic heterocycles. The van der Waals surface area contributed by atoms with Gasteiger partial charge in [0, 0.05) is 38.8 Å². The van der Waals surface area contributed by atoms with Crippen LogP contribution in [0, 0.1) is 0 Å². The van der Waals surface area contributed by atoms with E-state index in [-0.39, 0.29) is 0 Å². The highest BCUT2D eigenvalue weighted by Gasteiger charge is 2.20. The number of benzene rings is 5. The summed E-state index contributed by atoms with van der Waals surface area (Å²) in [4.78, 5) is 10.1. The van der Waals surface area contributed by atoms with Gasteiger partial charge < -0.3 is 0 Å². The van der Waals surface area contributed by atoms with Crippen molar-refractivity contribution in [3.63, 3.8) is 0 Å². The maximum Gasteiger partial charge on any atom is 0.160 e. The lowest BCUT2D eigenvalue weighted by Gasteiger charge is -2.13. The Labute approximate surface area is 262 Å². The van der Waals surface area contributed by atoms with E-state index in [0.717, 1.165) is 67.9 Å². The van der Waals surface area contributed by atoms with Crippen molar-refractivity contribution >= 4 is 16.3 Å². The number of hydrogen-bond donors (Lipinski definition) is 0. The first kappa shape index (κ1) is 26.7. The monoisotopic (exact) mass is 578 g/mol. The largest absolute Gasteiger partial charge is 0.232 e. The quantitative estimate of drug-likeness (QED) is 0.197. The van der Waals surface area contributed by atoms with E-state index < -0.39 is 0 Å². The van der Waals surface area contributed by atoms with Gasteiger partial charge in [0.2, 0.25) is 0 Å². The summed E-state index contributed by atoms with van der Waals surface area (Å²) >= 11 is 0. The van der Waals surface area contributed by atoms with Crippen molar-refractivity contribution in [1.82, 2.24) is 19.6 Å². The molecule has 0 fully saturated rings. The first-order valence-corrected chi connectivity index (χ1v) is 15.4. The number of pyridine rings is 1. The van der Waals surface area contributed by atoms with Crippen molar-refractivity contribution in [2.24, 2.45) is 0 Å². The van der Waals surface area contributed by atoms with Crippen molar-refractivity contribution in [3.05, 3.63) is 157 Å². The first-order chi connectivity index (χ1) is 22.3. The van der Waals surface area contributed by atoms with Gasteiger partial charge in [-0.1, -0.05) is 140 Å². The van der Waals surface area contributed by atoms with Gasteiger partial charge in [-0.15, -0.1) is 0 Å². The molecular weight excluding hydrogens is 548 g/mol. The van der Waals surface area contributed by atoms with E-state index in [1.54, 1.807) is 0 Å². The third-order valence-electron chi connectivity index (χ3n) is 8.41. The minimum absolute atomic E-state index is 0.710. The van der Waals surface area contributed by atoms with Crippen LogP contribution in [-0.4, -0.2) is 19.6 Å². The standard InChI is InChI=1S/C41H30N4/c1-2-34-39(30-19-11-5-12-20-30)44-45-38(29-17-9-4-10-18-29)26-32-23-24-33(25-35(32)40(34)45)37-27-36(28-15-7-3-8-16-28)42-41(43-37)31-21-13-6-14-22-31/h3-27H,2H2,1H3. The van der Waals surface area contributed by atoms with Crippen molar-refractivity contribution in [2.45, 2.75) is 13.3 Å². The second-order valence-electron chi connectivity index (χ2n) is 11.2. The van der Waals surface area contributed by atoms with Crippen molar-refractivity contribution in [1.29, 1.82) is 0 Å². The van der Waals surface area contributed by atoms with Gasteiger partial charge in [0.15, 0.2) is 5.82 Å². The van der Waals surface area contributed by atoms with Crippen LogP contribution in [0.15, 0.2) is 152 Å². The normalized spacial score (nSPS) is 11.3. The lowest BCUT2D eigenvalue weighted by atomic mass is 9.98. The van der Waals surface area contributed by atoms with Gasteiger partial charge in [-0.2, -0.15) is 5.10 Å². The first-order valence-electron chi connectivity index (χ1n) is 15.4. The minimum Gasteiger partial charge on any atom is -0.232 e. The molecular formula is C41H30N4. The predicted octanol–water partition coefficient (Wildman–Crippen LogP) is 10.2. The number of aromatic nitrogens is 4. The van der Waals surface area contributed by atoms with Gasteiger partial charge in [0.25, 0.3) is 0 Å².